The van der Waals surface area contributed by atoms with Crippen molar-refractivity contribution in [3.63, 3.8) is 0 Å². The van der Waals surface area contributed by atoms with Gasteiger partial charge in [-0.25, -0.2) is 0 Å². The van der Waals surface area contributed by atoms with Crippen LogP contribution < -0.4 is 5.32 Å². The second-order valence-corrected chi connectivity index (χ2v) is 7.20. The Morgan fingerprint density at radius 1 is 1.27 bits per heavy atom. The summed E-state index contributed by atoms with van der Waals surface area (Å²) in [7, 11) is 1.58. The number of nitrogens with zero attached hydrogens (tertiary/aromatic N) is 1. The van der Waals surface area contributed by atoms with E-state index in [0.717, 1.165) is 0 Å². The first kappa shape index (κ1) is 20.1. The van der Waals surface area contributed by atoms with Crippen molar-refractivity contribution in [3.8, 4) is 0 Å². The molecule has 1 atom stereocenters. The van der Waals surface area contributed by atoms with Crippen molar-refractivity contribution in [3.05, 3.63) is 35.9 Å². The van der Waals surface area contributed by atoms with E-state index in [-0.39, 0.29) is 30.6 Å². The van der Waals surface area contributed by atoms with Crippen LogP contribution in [0.15, 0.2) is 30.3 Å². The lowest BCUT2D eigenvalue weighted by molar-refractivity contribution is -0.141. The highest BCUT2D eigenvalue weighted by atomic mass is 16.5. The van der Waals surface area contributed by atoms with Crippen LogP contribution in [0.5, 0.6) is 0 Å². The number of nitrogens with one attached hydrogen (secondary N) is 1. The average molecular weight is 360 g/mol. The summed E-state index contributed by atoms with van der Waals surface area (Å²) in [5.41, 5.74) is -0.403. The quantitative estimate of drug-likeness (QED) is 0.539. The fraction of sp³-hybridized carbons (Fsp3) is 0.550. The van der Waals surface area contributed by atoms with Gasteiger partial charge in [-0.15, -0.1) is 0 Å². The number of likely N-dealkylation sites (tertiary alicyclic amines) is 1. The van der Waals surface area contributed by atoms with Gasteiger partial charge in [0.15, 0.2) is 0 Å². The van der Waals surface area contributed by atoms with Crippen molar-refractivity contribution in [1.82, 2.24) is 10.2 Å². The first-order valence-electron chi connectivity index (χ1n) is 9.06. The molecule has 1 saturated heterocycles. The Labute approximate surface area is 154 Å². The zero-order chi connectivity index (χ0) is 19.2. The third-order valence-corrected chi connectivity index (χ3v) is 4.63. The van der Waals surface area contributed by atoms with Crippen LogP contribution in [0.4, 0.5) is 0 Å². The molecule has 1 N–H and O–H groups in total. The number of amides is 3. The molecule has 0 bridgehead atoms. The van der Waals surface area contributed by atoms with Gasteiger partial charge in [0.25, 0.3) is 0 Å². The minimum Gasteiger partial charge on any atom is -0.385 e. The lowest BCUT2D eigenvalue weighted by Gasteiger charge is -2.27. The van der Waals surface area contributed by atoms with Crippen molar-refractivity contribution in [1.29, 1.82) is 0 Å². The Hall–Kier alpha value is -2.21. The topological polar surface area (TPSA) is 75.7 Å². The minimum absolute atomic E-state index is 0.0188. The summed E-state index contributed by atoms with van der Waals surface area (Å²) in [5.74, 6) is -0.406. The largest absolute Gasteiger partial charge is 0.385 e. The van der Waals surface area contributed by atoms with E-state index in [2.05, 4.69) is 5.32 Å². The van der Waals surface area contributed by atoms with Gasteiger partial charge in [-0.05, 0) is 17.9 Å². The van der Waals surface area contributed by atoms with Crippen LogP contribution in [0.3, 0.4) is 0 Å². The van der Waals surface area contributed by atoms with E-state index in [9.17, 15) is 14.4 Å². The monoisotopic (exact) mass is 360 g/mol. The average Bonchev–Trinajstić information content (AvgIpc) is 2.86. The van der Waals surface area contributed by atoms with Gasteiger partial charge in [-0.3, -0.25) is 19.3 Å². The minimum atomic E-state index is -1.12. The smallest absolute Gasteiger partial charge is 0.240 e. The molecule has 0 radical (unpaired) electrons. The summed E-state index contributed by atoms with van der Waals surface area (Å²) in [4.78, 5) is 39.5. The third-order valence-electron chi connectivity index (χ3n) is 4.63. The van der Waals surface area contributed by atoms with Gasteiger partial charge in [0.05, 0.1) is 5.41 Å². The molecule has 0 aliphatic carbocycles. The molecule has 6 heteroatoms. The molecule has 142 valence electrons. The lowest BCUT2D eigenvalue weighted by Crippen LogP contribution is -2.43. The summed E-state index contributed by atoms with van der Waals surface area (Å²) in [5, 5.41) is 2.87. The Balaban J connectivity index is 2.26. The van der Waals surface area contributed by atoms with Crippen LogP contribution >= 0.6 is 0 Å². The summed E-state index contributed by atoms with van der Waals surface area (Å²) >= 11 is 0. The predicted octanol–water partition coefficient (Wildman–Crippen LogP) is 1.88. The van der Waals surface area contributed by atoms with Crippen LogP contribution in [0, 0.1) is 5.92 Å². The number of carbonyl (C=O) groups is 3. The third kappa shape index (κ3) is 4.49. The van der Waals surface area contributed by atoms with E-state index in [1.807, 2.05) is 44.2 Å². The summed E-state index contributed by atoms with van der Waals surface area (Å²) in [6, 6.07) is 9.15. The van der Waals surface area contributed by atoms with E-state index in [1.54, 1.807) is 7.11 Å². The Kier molecular flexibility index (Phi) is 6.91. The molecule has 1 aromatic rings. The van der Waals surface area contributed by atoms with Crippen LogP contribution in [0.25, 0.3) is 0 Å². The molecule has 1 fully saturated rings. The molecule has 6 nitrogen and oxygen atoms in total. The number of methoxy groups -OCH3 is 1. The van der Waals surface area contributed by atoms with Crippen LogP contribution in [0.2, 0.25) is 0 Å². The SMILES string of the molecule is COCCCN1C(=O)CC(CC(=O)NCC(C)C)(c2ccccc2)C1=O. The Bertz CT molecular complexity index is 644. The van der Waals surface area contributed by atoms with E-state index in [1.165, 1.54) is 4.90 Å². The highest BCUT2D eigenvalue weighted by molar-refractivity contribution is 6.10. The molecule has 1 aliphatic heterocycles. The standard InChI is InChI=1S/C20H28N2O4/c1-15(2)14-21-17(23)12-20(16-8-5-4-6-9-16)13-18(24)22(19(20)25)10-7-11-26-3/h4-6,8-9,15H,7,10-14H2,1-3H3,(H,21,23). The number of hydrogen-bond acceptors (Lipinski definition) is 4. The zero-order valence-electron chi connectivity index (χ0n) is 15.8. The van der Waals surface area contributed by atoms with Gasteiger partial charge in [0.2, 0.25) is 17.7 Å². The highest BCUT2D eigenvalue weighted by Crippen LogP contribution is 2.39. The molecule has 1 aliphatic rings. The molecule has 0 saturated carbocycles. The fourth-order valence-corrected chi connectivity index (χ4v) is 3.27. The van der Waals surface area contributed by atoms with Gasteiger partial charge >= 0.3 is 0 Å². The molecular formula is C20H28N2O4. The second-order valence-electron chi connectivity index (χ2n) is 7.20. The Morgan fingerprint density at radius 3 is 2.58 bits per heavy atom. The lowest BCUT2D eigenvalue weighted by atomic mass is 9.75. The molecule has 1 unspecified atom stereocenters. The van der Waals surface area contributed by atoms with Crippen molar-refractivity contribution in [2.75, 3.05) is 26.8 Å². The van der Waals surface area contributed by atoms with Gasteiger partial charge in [-0.1, -0.05) is 44.2 Å². The highest BCUT2D eigenvalue weighted by Gasteiger charge is 2.53. The first-order valence-corrected chi connectivity index (χ1v) is 9.06. The number of carbonyl (C=O) groups excluding carboxylic acids is 3. The van der Waals surface area contributed by atoms with Crippen LogP contribution in [-0.4, -0.2) is 49.4 Å². The first-order chi connectivity index (χ1) is 12.4. The maximum absolute atomic E-state index is 13.2. The van der Waals surface area contributed by atoms with E-state index in [0.29, 0.717) is 37.6 Å². The van der Waals surface area contributed by atoms with E-state index >= 15 is 0 Å². The molecule has 3 amide bonds. The van der Waals surface area contributed by atoms with Crippen LogP contribution in [0.1, 0.15) is 38.7 Å². The normalized spacial score (nSPS) is 20.1. The van der Waals surface area contributed by atoms with Crippen molar-refractivity contribution >= 4 is 17.7 Å². The van der Waals surface area contributed by atoms with Crippen molar-refractivity contribution in [2.24, 2.45) is 5.92 Å². The molecular weight excluding hydrogens is 332 g/mol. The predicted molar refractivity (Wildman–Crippen MR) is 98.4 cm³/mol. The number of imide groups is 1. The van der Waals surface area contributed by atoms with Gasteiger partial charge in [-0.2, -0.15) is 0 Å². The number of rotatable bonds is 9. The molecule has 1 aromatic carbocycles. The number of hydrogen-bond donors (Lipinski definition) is 1. The number of benzene rings is 1. The molecule has 26 heavy (non-hydrogen) atoms. The maximum atomic E-state index is 13.2. The fourth-order valence-electron chi connectivity index (χ4n) is 3.27. The summed E-state index contributed by atoms with van der Waals surface area (Å²) in [6.07, 6.45) is 0.589. The summed E-state index contributed by atoms with van der Waals surface area (Å²) in [6.45, 7) is 5.35. The van der Waals surface area contributed by atoms with E-state index in [4.69, 9.17) is 4.74 Å². The zero-order valence-corrected chi connectivity index (χ0v) is 15.8. The summed E-state index contributed by atoms with van der Waals surface area (Å²) < 4.78 is 5.01. The van der Waals surface area contributed by atoms with Gasteiger partial charge < -0.3 is 10.1 Å². The molecule has 1 heterocycles. The van der Waals surface area contributed by atoms with Gasteiger partial charge in [0, 0.05) is 39.6 Å². The number of ether oxygens (including phenoxy) is 1. The maximum Gasteiger partial charge on any atom is 0.240 e. The molecule has 0 aromatic heterocycles. The molecule has 2 rings (SSSR count). The molecule has 0 spiro atoms. The van der Waals surface area contributed by atoms with Crippen molar-refractivity contribution in [2.45, 2.75) is 38.5 Å². The second kappa shape index (κ2) is 8.94. The van der Waals surface area contributed by atoms with Gasteiger partial charge in [0.1, 0.15) is 0 Å². The Morgan fingerprint density at radius 2 is 1.96 bits per heavy atom. The van der Waals surface area contributed by atoms with Crippen LogP contribution in [-0.2, 0) is 24.5 Å². The van der Waals surface area contributed by atoms with Crippen molar-refractivity contribution < 1.29 is 19.1 Å². The van der Waals surface area contributed by atoms with E-state index < -0.39 is 5.41 Å².